The summed E-state index contributed by atoms with van der Waals surface area (Å²) in [7, 11) is 0. The number of anilines is 6. The predicted octanol–water partition coefficient (Wildman–Crippen LogP) is 18.9. The molecule has 0 atom stereocenters. The van der Waals surface area contributed by atoms with E-state index in [0.29, 0.717) is 0 Å². The van der Waals surface area contributed by atoms with E-state index in [1.165, 1.54) is 87.8 Å². The van der Waals surface area contributed by atoms with E-state index in [1.807, 2.05) is 0 Å². The first-order valence-corrected chi connectivity index (χ1v) is 25.4. The molecule has 73 heavy (non-hydrogen) atoms. The Hall–Kier alpha value is -9.12. The van der Waals surface area contributed by atoms with Gasteiger partial charge in [-0.3, -0.25) is 0 Å². The second kappa shape index (κ2) is 16.5. The molecule has 0 fully saturated rings. The fourth-order valence-electron chi connectivity index (χ4n) is 12.1. The summed E-state index contributed by atoms with van der Waals surface area (Å²) in [5, 5.41) is 7.47. The third kappa shape index (κ3) is 6.67. The standard InChI is InChI=1S/C69H52N4/c1-45-31-35-47(36-32-45)70(49-17-15-19-51(41-49)72-63-27-11-7-21-54(63)55-22-8-12-28-64(55)72)53-39-40-60-61(43-53)69(3,4)62-44-67(58-25-5-6-26-59(58)68(60)62)71(48-37-33-46(2)34-38-48)50-18-16-20-52(42-50)73-65-29-13-9-23-56(65)57-24-10-14-30-66(57)73/h5-44H,1-4H3. The molecule has 1 aliphatic carbocycles. The molecule has 0 saturated carbocycles. The topological polar surface area (TPSA) is 16.3 Å². The SMILES string of the molecule is Cc1ccc(N(c2cccc(-n3c4ccccc4c4ccccc43)c2)c2ccc3c(c2)C(C)(C)c2cc(N(c4ccc(C)cc4)c4cccc(-n5c6ccccc6c6ccccc65)c4)c4ccccc4c2-3)cc1. The molecular weight excluding hydrogens is 885 g/mol. The zero-order valence-corrected chi connectivity index (χ0v) is 41.4. The van der Waals surface area contributed by atoms with Crippen LogP contribution < -0.4 is 9.80 Å². The number of hydrogen-bond donors (Lipinski definition) is 0. The van der Waals surface area contributed by atoms with Gasteiger partial charge in [-0.2, -0.15) is 0 Å². The van der Waals surface area contributed by atoms with Crippen molar-refractivity contribution in [1.29, 1.82) is 0 Å². The van der Waals surface area contributed by atoms with Crippen LogP contribution in [0.25, 0.3) is 76.9 Å². The molecule has 13 aromatic rings. The van der Waals surface area contributed by atoms with E-state index < -0.39 is 0 Å². The maximum atomic E-state index is 2.50. The molecule has 0 saturated heterocycles. The number of aromatic nitrogens is 2. The highest BCUT2D eigenvalue weighted by atomic mass is 15.2. The van der Waals surface area contributed by atoms with Gasteiger partial charge in [-0.05, 0) is 145 Å². The molecule has 0 radical (unpaired) electrons. The van der Waals surface area contributed by atoms with Crippen molar-refractivity contribution in [3.05, 3.63) is 265 Å². The van der Waals surface area contributed by atoms with Gasteiger partial charge in [0.25, 0.3) is 0 Å². The molecule has 0 spiro atoms. The lowest BCUT2D eigenvalue weighted by Crippen LogP contribution is -2.18. The van der Waals surface area contributed by atoms with Crippen LogP contribution in [0.1, 0.15) is 36.1 Å². The van der Waals surface area contributed by atoms with Crippen molar-refractivity contribution in [3.8, 4) is 22.5 Å². The van der Waals surface area contributed by atoms with E-state index in [-0.39, 0.29) is 5.41 Å². The highest BCUT2D eigenvalue weighted by Crippen LogP contribution is 2.56. The Kier molecular flexibility index (Phi) is 9.65. The van der Waals surface area contributed by atoms with Gasteiger partial charge in [0.2, 0.25) is 0 Å². The predicted molar refractivity (Wildman–Crippen MR) is 309 cm³/mol. The van der Waals surface area contributed by atoms with Crippen LogP contribution in [-0.2, 0) is 5.41 Å². The number of aryl methyl sites for hydroxylation is 2. The van der Waals surface area contributed by atoms with Crippen molar-refractivity contribution >= 4 is 88.5 Å². The molecular formula is C69H52N4. The third-order valence-corrected chi connectivity index (χ3v) is 15.6. The highest BCUT2D eigenvalue weighted by molar-refractivity contribution is 6.12. The maximum absolute atomic E-state index is 2.50. The number of rotatable bonds is 8. The van der Waals surface area contributed by atoms with Gasteiger partial charge in [-0.1, -0.05) is 165 Å². The maximum Gasteiger partial charge on any atom is 0.0543 e. The Bertz CT molecular complexity index is 4220. The number of fused-ring (bicyclic) bond motifs is 11. The van der Waals surface area contributed by atoms with E-state index in [1.54, 1.807) is 0 Å². The van der Waals surface area contributed by atoms with Gasteiger partial charge in [0, 0.05) is 72.2 Å². The highest BCUT2D eigenvalue weighted by Gasteiger charge is 2.39. The van der Waals surface area contributed by atoms with E-state index in [2.05, 4.69) is 289 Å². The summed E-state index contributed by atoms with van der Waals surface area (Å²) in [6.45, 7) is 9.15. The molecule has 2 aromatic heterocycles. The van der Waals surface area contributed by atoms with Crippen LogP contribution in [0.15, 0.2) is 243 Å². The minimum Gasteiger partial charge on any atom is -0.310 e. The van der Waals surface area contributed by atoms with E-state index in [4.69, 9.17) is 0 Å². The summed E-state index contributed by atoms with van der Waals surface area (Å²) < 4.78 is 4.83. The summed E-state index contributed by atoms with van der Waals surface area (Å²) in [6, 6.07) is 89.8. The molecule has 0 bridgehead atoms. The van der Waals surface area contributed by atoms with Gasteiger partial charge in [-0.25, -0.2) is 0 Å². The summed E-state index contributed by atoms with van der Waals surface area (Å²) in [6.07, 6.45) is 0. The summed E-state index contributed by atoms with van der Waals surface area (Å²) in [5.41, 5.74) is 21.1. The zero-order valence-electron chi connectivity index (χ0n) is 41.4. The summed E-state index contributed by atoms with van der Waals surface area (Å²) in [5.74, 6) is 0. The van der Waals surface area contributed by atoms with E-state index in [9.17, 15) is 0 Å². The lowest BCUT2D eigenvalue weighted by Gasteiger charge is -2.30. The fraction of sp³-hybridized carbons (Fsp3) is 0.0725. The first-order valence-electron chi connectivity index (χ1n) is 25.4. The number of para-hydroxylation sites is 4. The normalized spacial score (nSPS) is 12.8. The average Bonchev–Trinajstić information content (AvgIpc) is 4.03. The van der Waals surface area contributed by atoms with Crippen LogP contribution in [0, 0.1) is 13.8 Å². The molecule has 0 N–H and O–H groups in total. The van der Waals surface area contributed by atoms with Crippen molar-refractivity contribution in [3.63, 3.8) is 0 Å². The largest absolute Gasteiger partial charge is 0.310 e. The van der Waals surface area contributed by atoms with Crippen molar-refractivity contribution in [2.45, 2.75) is 33.1 Å². The number of nitrogens with zero attached hydrogens (tertiary/aromatic N) is 4. The van der Waals surface area contributed by atoms with Crippen molar-refractivity contribution < 1.29 is 0 Å². The molecule has 14 rings (SSSR count). The molecule has 4 heteroatoms. The number of hydrogen-bond acceptors (Lipinski definition) is 2. The van der Waals surface area contributed by atoms with Crippen LogP contribution in [0.3, 0.4) is 0 Å². The Balaban J connectivity index is 0.933. The average molecular weight is 937 g/mol. The van der Waals surface area contributed by atoms with Gasteiger partial charge in [0.1, 0.15) is 0 Å². The van der Waals surface area contributed by atoms with E-state index in [0.717, 1.165) is 45.5 Å². The van der Waals surface area contributed by atoms with Crippen molar-refractivity contribution in [1.82, 2.24) is 9.13 Å². The zero-order chi connectivity index (χ0) is 49.0. The fourth-order valence-corrected chi connectivity index (χ4v) is 12.1. The van der Waals surface area contributed by atoms with Crippen LogP contribution in [-0.4, -0.2) is 9.13 Å². The van der Waals surface area contributed by atoms with Gasteiger partial charge in [0.15, 0.2) is 0 Å². The monoisotopic (exact) mass is 936 g/mol. The number of benzene rings is 11. The minimum atomic E-state index is -0.340. The Morgan fingerprint density at radius 3 is 1.21 bits per heavy atom. The van der Waals surface area contributed by atoms with Crippen LogP contribution in [0.5, 0.6) is 0 Å². The smallest absolute Gasteiger partial charge is 0.0543 e. The van der Waals surface area contributed by atoms with Crippen molar-refractivity contribution in [2.75, 3.05) is 9.80 Å². The van der Waals surface area contributed by atoms with E-state index >= 15 is 0 Å². The molecule has 0 amide bonds. The van der Waals surface area contributed by atoms with Gasteiger partial charge in [0.05, 0.1) is 27.8 Å². The Labute approximate surface area is 425 Å². The quantitative estimate of drug-likeness (QED) is 0.151. The minimum absolute atomic E-state index is 0.340. The molecule has 0 aliphatic heterocycles. The second-order valence-corrected chi connectivity index (χ2v) is 20.3. The molecule has 0 unspecified atom stereocenters. The first kappa shape index (κ1) is 42.7. The molecule has 2 heterocycles. The lowest BCUT2D eigenvalue weighted by molar-refractivity contribution is 0.661. The first-order chi connectivity index (χ1) is 35.8. The van der Waals surface area contributed by atoms with Gasteiger partial charge >= 0.3 is 0 Å². The second-order valence-electron chi connectivity index (χ2n) is 20.3. The molecule has 1 aliphatic rings. The summed E-state index contributed by atoms with van der Waals surface area (Å²) >= 11 is 0. The summed E-state index contributed by atoms with van der Waals surface area (Å²) in [4.78, 5) is 4.91. The van der Waals surface area contributed by atoms with Crippen LogP contribution >= 0.6 is 0 Å². The van der Waals surface area contributed by atoms with Gasteiger partial charge < -0.3 is 18.9 Å². The molecule has 348 valence electrons. The van der Waals surface area contributed by atoms with Crippen LogP contribution in [0.2, 0.25) is 0 Å². The van der Waals surface area contributed by atoms with Crippen LogP contribution in [0.4, 0.5) is 34.1 Å². The molecule has 4 nitrogen and oxygen atoms in total. The Morgan fingerprint density at radius 1 is 0.315 bits per heavy atom. The Morgan fingerprint density at radius 2 is 0.712 bits per heavy atom. The van der Waals surface area contributed by atoms with Crippen molar-refractivity contribution in [2.24, 2.45) is 0 Å². The van der Waals surface area contributed by atoms with Gasteiger partial charge in [-0.15, -0.1) is 0 Å². The molecule has 11 aromatic carbocycles. The lowest BCUT2D eigenvalue weighted by atomic mass is 9.81. The third-order valence-electron chi connectivity index (χ3n) is 15.6.